The van der Waals surface area contributed by atoms with Crippen molar-refractivity contribution >= 4 is 28.8 Å². The summed E-state index contributed by atoms with van der Waals surface area (Å²) in [5.74, 6) is 0.982. The molecule has 2 N–H and O–H groups in total. The first-order valence-corrected chi connectivity index (χ1v) is 11.5. The van der Waals surface area contributed by atoms with Gasteiger partial charge in [0.1, 0.15) is 18.1 Å². The molecule has 0 fully saturated rings. The van der Waals surface area contributed by atoms with Crippen molar-refractivity contribution in [3.63, 3.8) is 0 Å². The Kier molecular flexibility index (Phi) is 7.34. The number of ether oxygens (including phenoxy) is 1. The predicted octanol–water partition coefficient (Wildman–Crippen LogP) is 4.63. The number of aryl methyl sites for hydroxylation is 1. The number of carbonyl (C=O) groups is 2. The van der Waals surface area contributed by atoms with Gasteiger partial charge in [-0.05, 0) is 67.9 Å². The number of nitrogens with one attached hydrogen (secondary N) is 2. The fourth-order valence-electron chi connectivity index (χ4n) is 3.23. The molecule has 4 rings (SSSR count). The van der Waals surface area contributed by atoms with E-state index in [-0.39, 0.29) is 29.5 Å². The van der Waals surface area contributed by atoms with Crippen LogP contribution in [-0.4, -0.2) is 28.1 Å². The van der Waals surface area contributed by atoms with E-state index >= 15 is 0 Å². The minimum atomic E-state index is -0.372. The molecule has 1 atom stereocenters. The minimum Gasteiger partial charge on any atom is -0.486 e. The summed E-state index contributed by atoms with van der Waals surface area (Å²) in [6.07, 6.45) is 2.21. The zero-order chi connectivity index (χ0) is 23.9. The van der Waals surface area contributed by atoms with E-state index in [1.807, 2.05) is 50.2 Å². The first-order valence-electron chi connectivity index (χ1n) is 10.7. The highest BCUT2D eigenvalue weighted by atomic mass is 32.1. The van der Waals surface area contributed by atoms with Crippen molar-refractivity contribution in [2.75, 3.05) is 5.32 Å². The Balaban J connectivity index is 1.28. The number of amides is 2. The maximum absolute atomic E-state index is 12.5. The number of benzene rings is 2. The summed E-state index contributed by atoms with van der Waals surface area (Å²) in [6, 6.07) is 18.0. The van der Waals surface area contributed by atoms with Gasteiger partial charge in [0.05, 0.1) is 6.26 Å². The van der Waals surface area contributed by atoms with Crippen LogP contribution in [0, 0.1) is 6.92 Å². The van der Waals surface area contributed by atoms with Crippen molar-refractivity contribution in [2.24, 2.45) is 0 Å². The molecule has 4 aromatic rings. The van der Waals surface area contributed by atoms with Crippen LogP contribution >= 0.6 is 11.3 Å². The molecule has 0 spiro atoms. The summed E-state index contributed by atoms with van der Waals surface area (Å²) < 4.78 is 11.0. The summed E-state index contributed by atoms with van der Waals surface area (Å²) in [4.78, 5) is 25.0. The minimum absolute atomic E-state index is 0.0838. The van der Waals surface area contributed by atoms with Crippen molar-refractivity contribution in [3.05, 3.63) is 93.8 Å². The van der Waals surface area contributed by atoms with Crippen molar-refractivity contribution in [1.82, 2.24) is 15.5 Å². The lowest BCUT2D eigenvalue weighted by molar-refractivity contribution is 0.0938. The van der Waals surface area contributed by atoms with Gasteiger partial charge in [-0.3, -0.25) is 9.59 Å². The number of furan rings is 1. The Hall–Kier alpha value is -3.98. The monoisotopic (exact) mass is 476 g/mol. The van der Waals surface area contributed by atoms with Gasteiger partial charge in [0.25, 0.3) is 11.8 Å². The number of aromatic nitrogens is 2. The third-order valence-corrected chi connectivity index (χ3v) is 5.78. The van der Waals surface area contributed by atoms with Gasteiger partial charge in [-0.25, -0.2) is 0 Å². The highest BCUT2D eigenvalue weighted by Crippen LogP contribution is 2.18. The van der Waals surface area contributed by atoms with E-state index in [0.29, 0.717) is 22.7 Å². The molecule has 0 aliphatic carbocycles. The van der Waals surface area contributed by atoms with Crippen molar-refractivity contribution in [3.8, 4) is 5.75 Å². The van der Waals surface area contributed by atoms with Gasteiger partial charge in [0.15, 0.2) is 5.01 Å². The molecule has 0 radical (unpaired) electrons. The standard InChI is InChI=1S/C25H24N4O4S/c1-16-5-3-6-20(13-16)33-15-22-28-29-25(34-22)24(31)27-19-10-8-18(9-11-19)23(30)26-17(2)14-21-7-4-12-32-21/h3-13,17H,14-15H2,1-2H3,(H,26,30)(H,27,31)/t17-/m0/s1. The molecular weight excluding hydrogens is 452 g/mol. The molecule has 0 saturated heterocycles. The fourth-order valence-corrected chi connectivity index (χ4v) is 3.88. The smallest absolute Gasteiger partial charge is 0.286 e. The summed E-state index contributed by atoms with van der Waals surface area (Å²) >= 11 is 1.17. The van der Waals surface area contributed by atoms with Crippen LogP contribution in [0.5, 0.6) is 5.75 Å². The highest BCUT2D eigenvalue weighted by Gasteiger charge is 2.15. The summed E-state index contributed by atoms with van der Waals surface area (Å²) in [5.41, 5.74) is 2.15. The third kappa shape index (κ3) is 6.29. The Morgan fingerprint density at radius 1 is 1.06 bits per heavy atom. The first kappa shape index (κ1) is 23.2. The van der Waals surface area contributed by atoms with Crippen LogP contribution in [0.15, 0.2) is 71.3 Å². The van der Waals surface area contributed by atoms with Crippen LogP contribution in [0.25, 0.3) is 0 Å². The topological polar surface area (TPSA) is 106 Å². The number of carbonyl (C=O) groups excluding carboxylic acids is 2. The number of rotatable bonds is 9. The van der Waals surface area contributed by atoms with Crippen LogP contribution < -0.4 is 15.4 Å². The zero-order valence-corrected chi connectivity index (χ0v) is 19.6. The van der Waals surface area contributed by atoms with Gasteiger partial charge < -0.3 is 19.8 Å². The van der Waals surface area contributed by atoms with E-state index in [1.54, 1.807) is 30.5 Å². The van der Waals surface area contributed by atoms with Crippen molar-refractivity contribution in [1.29, 1.82) is 0 Å². The molecule has 34 heavy (non-hydrogen) atoms. The maximum atomic E-state index is 12.5. The lowest BCUT2D eigenvalue weighted by Crippen LogP contribution is -2.33. The molecule has 8 nitrogen and oxygen atoms in total. The van der Waals surface area contributed by atoms with E-state index in [9.17, 15) is 9.59 Å². The fraction of sp³-hybridized carbons (Fsp3) is 0.200. The molecule has 2 heterocycles. The van der Waals surface area contributed by atoms with E-state index in [2.05, 4.69) is 20.8 Å². The maximum Gasteiger partial charge on any atom is 0.286 e. The lowest BCUT2D eigenvalue weighted by Gasteiger charge is -2.13. The quantitative estimate of drug-likeness (QED) is 0.365. The van der Waals surface area contributed by atoms with Crippen molar-refractivity contribution < 1.29 is 18.7 Å². The highest BCUT2D eigenvalue weighted by molar-refractivity contribution is 7.13. The largest absolute Gasteiger partial charge is 0.486 e. The average molecular weight is 477 g/mol. The second-order valence-electron chi connectivity index (χ2n) is 7.80. The van der Waals surface area contributed by atoms with E-state index < -0.39 is 0 Å². The molecule has 0 bridgehead atoms. The second kappa shape index (κ2) is 10.8. The number of anilines is 1. The van der Waals surface area contributed by atoms with E-state index in [0.717, 1.165) is 17.1 Å². The molecule has 0 aliphatic rings. The van der Waals surface area contributed by atoms with Gasteiger partial charge in [-0.2, -0.15) is 0 Å². The molecule has 2 aromatic carbocycles. The normalized spacial score (nSPS) is 11.6. The Bertz CT molecular complexity index is 1250. The average Bonchev–Trinajstić information content (AvgIpc) is 3.50. The van der Waals surface area contributed by atoms with Gasteiger partial charge in [0.2, 0.25) is 5.01 Å². The molecule has 2 aromatic heterocycles. The summed E-state index contributed by atoms with van der Waals surface area (Å²) in [6.45, 7) is 4.14. The van der Waals surface area contributed by atoms with Gasteiger partial charge in [-0.15, -0.1) is 10.2 Å². The Labute approximate surface area is 201 Å². The van der Waals surface area contributed by atoms with Crippen LogP contribution in [0.4, 0.5) is 5.69 Å². The molecule has 0 aliphatic heterocycles. The van der Waals surface area contributed by atoms with Gasteiger partial charge in [0, 0.05) is 23.7 Å². The van der Waals surface area contributed by atoms with Crippen LogP contribution in [0.1, 0.15) is 43.4 Å². The summed E-state index contributed by atoms with van der Waals surface area (Å²) in [5, 5.41) is 14.5. The van der Waals surface area contributed by atoms with Crippen LogP contribution in [-0.2, 0) is 13.0 Å². The van der Waals surface area contributed by atoms with Gasteiger partial charge >= 0.3 is 0 Å². The molecule has 2 amide bonds. The number of hydrogen-bond acceptors (Lipinski definition) is 7. The van der Waals surface area contributed by atoms with Crippen LogP contribution in [0.3, 0.4) is 0 Å². The molecule has 0 unspecified atom stereocenters. The van der Waals surface area contributed by atoms with Crippen LogP contribution in [0.2, 0.25) is 0 Å². The first-order chi connectivity index (χ1) is 16.5. The summed E-state index contributed by atoms with van der Waals surface area (Å²) in [7, 11) is 0. The van der Waals surface area contributed by atoms with E-state index in [1.165, 1.54) is 11.3 Å². The molecule has 9 heteroatoms. The second-order valence-corrected chi connectivity index (χ2v) is 8.86. The number of hydrogen-bond donors (Lipinski definition) is 2. The molecule has 174 valence electrons. The predicted molar refractivity (Wildman–Crippen MR) is 129 cm³/mol. The zero-order valence-electron chi connectivity index (χ0n) is 18.8. The molecular formula is C25H24N4O4S. The third-order valence-electron chi connectivity index (χ3n) is 4.88. The molecule has 0 saturated carbocycles. The Morgan fingerprint density at radius 3 is 2.62 bits per heavy atom. The van der Waals surface area contributed by atoms with E-state index in [4.69, 9.17) is 9.15 Å². The van der Waals surface area contributed by atoms with Gasteiger partial charge in [-0.1, -0.05) is 23.5 Å². The van der Waals surface area contributed by atoms with Crippen molar-refractivity contribution in [2.45, 2.75) is 32.9 Å². The number of nitrogens with zero attached hydrogens (tertiary/aromatic N) is 2. The SMILES string of the molecule is Cc1cccc(OCc2nnc(C(=O)Nc3ccc(C(=O)N[C@@H](C)Cc4ccco4)cc3)s2)c1. The lowest BCUT2D eigenvalue weighted by atomic mass is 10.1. The Morgan fingerprint density at radius 2 is 1.88 bits per heavy atom.